The summed E-state index contributed by atoms with van der Waals surface area (Å²) in [5, 5.41) is 2.65. The summed E-state index contributed by atoms with van der Waals surface area (Å²) in [6.45, 7) is 0. The van der Waals surface area contributed by atoms with Crippen LogP contribution in [0.5, 0.6) is 0 Å². The monoisotopic (exact) mass is 338 g/mol. The summed E-state index contributed by atoms with van der Waals surface area (Å²) >= 11 is 2.41. The molecule has 0 radical (unpaired) electrons. The predicted octanol–water partition coefficient (Wildman–Crippen LogP) is 4.49. The average Bonchev–Trinajstić information content (AvgIpc) is 2.87. The van der Waals surface area contributed by atoms with Gasteiger partial charge in [0.1, 0.15) is 0 Å². The fraction of sp³-hybridized carbons (Fsp3) is 0.333. The van der Waals surface area contributed by atoms with E-state index in [0.29, 0.717) is 12.2 Å². The minimum Gasteiger partial charge on any atom is -0.369 e. The molecule has 1 saturated heterocycles. The van der Waals surface area contributed by atoms with E-state index in [9.17, 15) is 0 Å². The lowest BCUT2D eigenvalue weighted by atomic mass is 9.99. The van der Waals surface area contributed by atoms with Gasteiger partial charge in [0.15, 0.2) is 0 Å². The Morgan fingerprint density at radius 1 is 1.06 bits per heavy atom. The van der Waals surface area contributed by atoms with Crippen molar-refractivity contribution in [1.29, 1.82) is 0 Å². The summed E-state index contributed by atoms with van der Waals surface area (Å²) in [5.41, 5.74) is 1.36. The molecule has 0 N–H and O–H groups in total. The van der Waals surface area contributed by atoms with Crippen LogP contribution in [-0.4, -0.2) is 10.5 Å². The van der Waals surface area contributed by atoms with Gasteiger partial charge in [-0.3, -0.25) is 0 Å². The third-order valence-electron chi connectivity index (χ3n) is 3.45. The second-order valence-electron chi connectivity index (χ2n) is 4.55. The van der Waals surface area contributed by atoms with Gasteiger partial charge in [0.05, 0.1) is 12.2 Å². The molecule has 2 aromatic carbocycles. The van der Waals surface area contributed by atoms with E-state index in [1.807, 2.05) is 0 Å². The third-order valence-corrected chi connectivity index (χ3v) is 4.43. The Kier molecular flexibility index (Phi) is 3.34. The van der Waals surface area contributed by atoms with Crippen molar-refractivity contribution >= 4 is 33.4 Å². The number of halogens is 1. The van der Waals surface area contributed by atoms with Gasteiger partial charge >= 0.3 is 0 Å². The smallest absolute Gasteiger partial charge is 0.0836 e. The van der Waals surface area contributed by atoms with Crippen molar-refractivity contribution in [2.45, 2.75) is 25.0 Å². The van der Waals surface area contributed by atoms with E-state index < -0.39 is 0 Å². The molecule has 0 saturated carbocycles. The molecule has 0 bridgehead atoms. The summed E-state index contributed by atoms with van der Waals surface area (Å²) in [4.78, 5) is 0. The largest absolute Gasteiger partial charge is 0.369 e. The Morgan fingerprint density at radius 2 is 1.88 bits per heavy atom. The molecule has 1 aliphatic rings. The molecule has 2 aromatic rings. The summed E-state index contributed by atoms with van der Waals surface area (Å²) in [6, 6.07) is 15.1. The van der Waals surface area contributed by atoms with Gasteiger partial charge in [0.2, 0.25) is 0 Å². The Bertz CT molecular complexity index is 518. The van der Waals surface area contributed by atoms with Crippen LogP contribution < -0.4 is 0 Å². The highest BCUT2D eigenvalue weighted by atomic mass is 127. The van der Waals surface area contributed by atoms with Crippen LogP contribution in [0.1, 0.15) is 24.5 Å². The van der Waals surface area contributed by atoms with Crippen LogP contribution >= 0.6 is 22.6 Å². The number of benzene rings is 2. The molecule has 1 nitrogen and oxygen atoms in total. The minimum atomic E-state index is 0.292. The van der Waals surface area contributed by atoms with Crippen molar-refractivity contribution in [3.05, 3.63) is 48.0 Å². The van der Waals surface area contributed by atoms with Gasteiger partial charge < -0.3 is 4.74 Å². The van der Waals surface area contributed by atoms with Crippen LogP contribution in [0.4, 0.5) is 0 Å². The van der Waals surface area contributed by atoms with Crippen LogP contribution in [-0.2, 0) is 4.74 Å². The molecule has 2 unspecified atom stereocenters. The molecular formula is C15H15IO. The molecule has 2 heteroatoms. The van der Waals surface area contributed by atoms with E-state index in [0.717, 1.165) is 10.8 Å². The van der Waals surface area contributed by atoms with Crippen molar-refractivity contribution in [2.24, 2.45) is 0 Å². The molecule has 3 rings (SSSR count). The number of rotatable bonds is 2. The van der Waals surface area contributed by atoms with Crippen molar-refractivity contribution in [2.75, 3.05) is 4.43 Å². The van der Waals surface area contributed by atoms with Crippen molar-refractivity contribution in [3.8, 4) is 0 Å². The highest BCUT2D eigenvalue weighted by Crippen LogP contribution is 2.36. The molecule has 1 heterocycles. The lowest BCUT2D eigenvalue weighted by Gasteiger charge is -2.14. The molecule has 17 heavy (non-hydrogen) atoms. The van der Waals surface area contributed by atoms with Crippen LogP contribution in [0.15, 0.2) is 42.5 Å². The Morgan fingerprint density at radius 3 is 2.71 bits per heavy atom. The first-order chi connectivity index (χ1) is 8.38. The van der Waals surface area contributed by atoms with Gasteiger partial charge in [-0.15, -0.1) is 0 Å². The maximum Gasteiger partial charge on any atom is 0.0836 e. The van der Waals surface area contributed by atoms with Crippen LogP contribution in [0.2, 0.25) is 0 Å². The normalized spacial score (nSPS) is 24.3. The lowest BCUT2D eigenvalue weighted by Crippen LogP contribution is -2.07. The molecule has 1 aliphatic heterocycles. The number of fused-ring (bicyclic) bond motifs is 1. The van der Waals surface area contributed by atoms with Crippen LogP contribution in [0.3, 0.4) is 0 Å². The highest BCUT2D eigenvalue weighted by Gasteiger charge is 2.26. The minimum absolute atomic E-state index is 0.292. The van der Waals surface area contributed by atoms with Gasteiger partial charge in [-0.05, 0) is 29.2 Å². The van der Waals surface area contributed by atoms with Crippen LogP contribution in [0.25, 0.3) is 10.8 Å². The molecule has 1 fully saturated rings. The molecular weight excluding hydrogens is 323 g/mol. The SMILES string of the molecule is ICC1CCC(c2cccc3ccccc23)O1. The molecule has 88 valence electrons. The van der Waals surface area contributed by atoms with E-state index in [2.05, 4.69) is 65.1 Å². The maximum atomic E-state index is 6.10. The molecule has 0 aromatic heterocycles. The Hall–Kier alpha value is -0.610. The van der Waals surface area contributed by atoms with Gasteiger partial charge in [-0.25, -0.2) is 0 Å². The van der Waals surface area contributed by atoms with Crippen LogP contribution in [0, 0.1) is 0 Å². The molecule has 0 amide bonds. The zero-order valence-corrected chi connectivity index (χ0v) is 11.8. The molecule has 0 aliphatic carbocycles. The van der Waals surface area contributed by atoms with Gasteiger partial charge in [-0.2, -0.15) is 0 Å². The standard InChI is InChI=1S/C15H15IO/c16-10-12-8-9-15(17-12)14-7-3-5-11-4-1-2-6-13(11)14/h1-7,12,15H,8-10H2. The predicted molar refractivity (Wildman–Crippen MR) is 79.7 cm³/mol. The summed E-state index contributed by atoms with van der Waals surface area (Å²) < 4.78 is 7.19. The van der Waals surface area contributed by atoms with Gasteiger partial charge in [-0.1, -0.05) is 65.1 Å². The Labute approximate surface area is 115 Å². The van der Waals surface area contributed by atoms with Gasteiger partial charge in [0.25, 0.3) is 0 Å². The zero-order valence-electron chi connectivity index (χ0n) is 9.60. The Balaban J connectivity index is 2.00. The topological polar surface area (TPSA) is 9.23 Å². The summed E-state index contributed by atoms with van der Waals surface area (Å²) in [7, 11) is 0. The molecule has 2 atom stereocenters. The van der Waals surface area contributed by atoms with E-state index in [-0.39, 0.29) is 0 Å². The fourth-order valence-electron chi connectivity index (χ4n) is 2.58. The summed E-state index contributed by atoms with van der Waals surface area (Å²) in [6.07, 6.45) is 3.08. The molecule has 0 spiro atoms. The summed E-state index contributed by atoms with van der Waals surface area (Å²) in [5.74, 6) is 0. The van der Waals surface area contributed by atoms with E-state index in [1.165, 1.54) is 22.8 Å². The lowest BCUT2D eigenvalue weighted by molar-refractivity contribution is 0.0606. The fourth-order valence-corrected chi connectivity index (χ4v) is 3.23. The van der Waals surface area contributed by atoms with E-state index in [1.54, 1.807) is 0 Å². The van der Waals surface area contributed by atoms with Gasteiger partial charge in [0, 0.05) is 4.43 Å². The zero-order chi connectivity index (χ0) is 11.7. The highest BCUT2D eigenvalue weighted by molar-refractivity contribution is 14.1. The van der Waals surface area contributed by atoms with Crippen molar-refractivity contribution < 1.29 is 4.74 Å². The van der Waals surface area contributed by atoms with Crippen molar-refractivity contribution in [1.82, 2.24) is 0 Å². The number of hydrogen-bond donors (Lipinski definition) is 0. The van der Waals surface area contributed by atoms with E-state index >= 15 is 0 Å². The second kappa shape index (κ2) is 4.94. The first-order valence-electron chi connectivity index (χ1n) is 6.07. The maximum absolute atomic E-state index is 6.10. The second-order valence-corrected chi connectivity index (χ2v) is 5.43. The number of alkyl halides is 1. The first kappa shape index (κ1) is 11.5. The first-order valence-corrected chi connectivity index (χ1v) is 7.60. The quantitative estimate of drug-likeness (QED) is 0.579. The third kappa shape index (κ3) is 2.20. The number of ether oxygens (including phenoxy) is 1. The number of hydrogen-bond acceptors (Lipinski definition) is 1. The van der Waals surface area contributed by atoms with Crippen molar-refractivity contribution in [3.63, 3.8) is 0 Å². The average molecular weight is 338 g/mol. The van der Waals surface area contributed by atoms with E-state index in [4.69, 9.17) is 4.74 Å².